The second-order valence-electron chi connectivity index (χ2n) is 5.92. The molecule has 1 saturated heterocycles. The fourth-order valence-corrected chi connectivity index (χ4v) is 2.96. The minimum atomic E-state index is 0. The molecule has 0 aliphatic carbocycles. The van der Waals surface area contributed by atoms with Crippen LogP contribution in [0, 0.1) is 13.8 Å². The fraction of sp³-hybridized carbons (Fsp3) is 0.625. The normalized spacial score (nSPS) is 17.5. The van der Waals surface area contributed by atoms with Gasteiger partial charge in [-0.15, -0.1) is 24.8 Å². The molecule has 24 heavy (non-hydrogen) atoms. The van der Waals surface area contributed by atoms with Crippen molar-refractivity contribution in [3.05, 3.63) is 23.0 Å². The molecule has 0 saturated carbocycles. The first-order chi connectivity index (χ1) is 10.6. The van der Waals surface area contributed by atoms with Crippen LogP contribution in [0.2, 0.25) is 0 Å². The molecular weight excluding hydrogens is 349 g/mol. The summed E-state index contributed by atoms with van der Waals surface area (Å²) in [5.41, 5.74) is 9.94. The summed E-state index contributed by atoms with van der Waals surface area (Å²) in [5.74, 6) is 1.11. The van der Waals surface area contributed by atoms with Crippen molar-refractivity contribution in [2.45, 2.75) is 39.7 Å². The van der Waals surface area contributed by atoms with E-state index in [2.05, 4.69) is 29.9 Å². The zero-order chi connectivity index (χ0) is 15.7. The minimum Gasteiger partial charge on any atom is -0.374 e. The van der Waals surface area contributed by atoms with Gasteiger partial charge >= 0.3 is 0 Å². The lowest BCUT2D eigenvalue weighted by molar-refractivity contribution is 0.0365. The van der Waals surface area contributed by atoms with Gasteiger partial charge < -0.3 is 15.4 Å². The second kappa shape index (κ2) is 8.85. The number of nitrogens with zero attached hydrogens (tertiary/aromatic N) is 4. The number of hydrogen-bond acceptors (Lipinski definition) is 5. The van der Waals surface area contributed by atoms with Crippen molar-refractivity contribution < 1.29 is 4.74 Å². The average molecular weight is 376 g/mol. The van der Waals surface area contributed by atoms with Crippen LogP contribution in [-0.4, -0.2) is 46.9 Å². The van der Waals surface area contributed by atoms with E-state index in [1.165, 1.54) is 0 Å². The van der Waals surface area contributed by atoms with Gasteiger partial charge in [0.1, 0.15) is 5.82 Å². The predicted octanol–water partition coefficient (Wildman–Crippen LogP) is 2.31. The van der Waals surface area contributed by atoms with E-state index in [1.807, 2.05) is 11.4 Å². The molecule has 8 heteroatoms. The molecule has 6 nitrogen and oxygen atoms in total. The molecule has 0 spiro atoms. The number of aromatic nitrogens is 3. The van der Waals surface area contributed by atoms with Crippen LogP contribution in [0.3, 0.4) is 0 Å². The number of hydrogen-bond donors (Lipinski definition) is 1. The summed E-state index contributed by atoms with van der Waals surface area (Å²) in [4.78, 5) is 7.10. The van der Waals surface area contributed by atoms with Crippen molar-refractivity contribution in [2.75, 3.05) is 31.1 Å². The largest absolute Gasteiger partial charge is 0.374 e. The first-order valence-electron chi connectivity index (χ1n) is 8.06. The van der Waals surface area contributed by atoms with Crippen LogP contribution in [0.15, 0.2) is 6.07 Å². The van der Waals surface area contributed by atoms with E-state index in [0.717, 1.165) is 61.0 Å². The molecule has 1 atom stereocenters. The Morgan fingerprint density at radius 2 is 2.08 bits per heavy atom. The Hall–Kier alpha value is -1.08. The summed E-state index contributed by atoms with van der Waals surface area (Å²) in [5, 5.41) is 4.68. The summed E-state index contributed by atoms with van der Waals surface area (Å²) < 4.78 is 7.78. The van der Waals surface area contributed by atoms with Gasteiger partial charge in [0.15, 0.2) is 5.65 Å². The number of rotatable bonds is 4. The van der Waals surface area contributed by atoms with E-state index in [1.54, 1.807) is 0 Å². The monoisotopic (exact) mass is 375 g/mol. The molecule has 3 rings (SSSR count). The van der Waals surface area contributed by atoms with E-state index in [0.29, 0.717) is 6.54 Å². The summed E-state index contributed by atoms with van der Waals surface area (Å²) in [6.45, 7) is 9.39. The molecular formula is C16H27Cl2N5O. The molecule has 2 aromatic rings. The Labute approximate surface area is 155 Å². The molecule has 0 bridgehead atoms. The minimum absolute atomic E-state index is 0. The number of halogens is 2. The molecule has 1 fully saturated rings. The zero-order valence-corrected chi connectivity index (χ0v) is 16.1. The van der Waals surface area contributed by atoms with Crippen molar-refractivity contribution in [1.29, 1.82) is 0 Å². The Balaban J connectivity index is 0.00000144. The number of fused-ring (bicyclic) bond motifs is 1. The lowest BCUT2D eigenvalue weighted by atomic mass is 10.2. The summed E-state index contributed by atoms with van der Waals surface area (Å²) in [6.07, 6.45) is 2.01. The van der Waals surface area contributed by atoms with Gasteiger partial charge in [-0.05, 0) is 33.2 Å². The van der Waals surface area contributed by atoms with Crippen molar-refractivity contribution in [1.82, 2.24) is 14.6 Å². The van der Waals surface area contributed by atoms with E-state index >= 15 is 0 Å². The third-order valence-electron chi connectivity index (χ3n) is 4.40. The number of anilines is 1. The summed E-state index contributed by atoms with van der Waals surface area (Å²) >= 11 is 0. The SMILES string of the molecule is CCc1cc(N2CCOC(CCN)C2)n2nc(C)c(C)c2n1.Cl.Cl. The average Bonchev–Trinajstić information content (AvgIpc) is 2.82. The molecule has 0 amide bonds. The topological polar surface area (TPSA) is 68.7 Å². The van der Waals surface area contributed by atoms with Gasteiger partial charge in [0.05, 0.1) is 18.4 Å². The van der Waals surface area contributed by atoms with Crippen LogP contribution in [0.1, 0.15) is 30.3 Å². The van der Waals surface area contributed by atoms with Gasteiger partial charge in [-0.1, -0.05) is 6.92 Å². The van der Waals surface area contributed by atoms with Crippen molar-refractivity contribution in [2.24, 2.45) is 5.73 Å². The number of aryl methyl sites for hydroxylation is 3. The molecule has 1 unspecified atom stereocenters. The van der Waals surface area contributed by atoms with E-state index in [9.17, 15) is 0 Å². The maximum atomic E-state index is 5.80. The van der Waals surface area contributed by atoms with Gasteiger partial charge in [0, 0.05) is 30.4 Å². The molecule has 136 valence electrons. The molecule has 1 aliphatic heterocycles. The van der Waals surface area contributed by atoms with Crippen molar-refractivity contribution in [3.8, 4) is 0 Å². The lowest BCUT2D eigenvalue weighted by Crippen LogP contribution is -2.44. The fourth-order valence-electron chi connectivity index (χ4n) is 2.96. The number of morpholine rings is 1. The van der Waals surface area contributed by atoms with Crippen LogP contribution < -0.4 is 10.6 Å². The van der Waals surface area contributed by atoms with Gasteiger partial charge in [-0.3, -0.25) is 0 Å². The third kappa shape index (κ3) is 3.94. The van der Waals surface area contributed by atoms with Crippen LogP contribution in [0.5, 0.6) is 0 Å². The standard InChI is InChI=1S/C16H25N5O.2ClH/c1-4-13-9-15(20-7-8-22-14(10-20)5-6-17)21-16(18-13)11(2)12(3)19-21;;/h9,14H,4-8,10,17H2,1-3H3;2*1H. The van der Waals surface area contributed by atoms with Crippen LogP contribution in [0.4, 0.5) is 5.82 Å². The molecule has 2 aromatic heterocycles. The van der Waals surface area contributed by atoms with Crippen LogP contribution in [0.25, 0.3) is 5.65 Å². The quantitative estimate of drug-likeness (QED) is 0.887. The van der Waals surface area contributed by atoms with Crippen molar-refractivity contribution in [3.63, 3.8) is 0 Å². The van der Waals surface area contributed by atoms with Gasteiger partial charge in [-0.25, -0.2) is 4.98 Å². The molecule has 0 radical (unpaired) electrons. The Morgan fingerprint density at radius 1 is 1.33 bits per heavy atom. The first kappa shape index (κ1) is 21.0. The molecule has 0 aromatic carbocycles. The van der Waals surface area contributed by atoms with Crippen LogP contribution in [-0.2, 0) is 11.2 Å². The third-order valence-corrected chi connectivity index (χ3v) is 4.40. The summed E-state index contributed by atoms with van der Waals surface area (Å²) in [6, 6.07) is 2.16. The maximum absolute atomic E-state index is 5.80. The Bertz CT molecular complexity index is 674. The van der Waals surface area contributed by atoms with Crippen LogP contribution >= 0.6 is 24.8 Å². The van der Waals surface area contributed by atoms with E-state index in [-0.39, 0.29) is 30.9 Å². The highest BCUT2D eigenvalue weighted by Crippen LogP contribution is 2.24. The number of nitrogens with two attached hydrogens (primary N) is 1. The number of ether oxygens (including phenoxy) is 1. The Kier molecular flexibility index (Phi) is 7.73. The van der Waals surface area contributed by atoms with Crippen molar-refractivity contribution >= 4 is 36.3 Å². The Morgan fingerprint density at radius 3 is 2.75 bits per heavy atom. The first-order valence-corrected chi connectivity index (χ1v) is 8.06. The summed E-state index contributed by atoms with van der Waals surface area (Å²) in [7, 11) is 0. The van der Waals surface area contributed by atoms with Gasteiger partial charge in [-0.2, -0.15) is 9.61 Å². The van der Waals surface area contributed by atoms with Gasteiger partial charge in [0.2, 0.25) is 0 Å². The highest BCUT2D eigenvalue weighted by Gasteiger charge is 2.23. The smallest absolute Gasteiger partial charge is 0.160 e. The predicted molar refractivity (Wildman–Crippen MR) is 102 cm³/mol. The van der Waals surface area contributed by atoms with E-state index < -0.39 is 0 Å². The maximum Gasteiger partial charge on any atom is 0.160 e. The highest BCUT2D eigenvalue weighted by atomic mass is 35.5. The second-order valence-corrected chi connectivity index (χ2v) is 5.92. The molecule has 1 aliphatic rings. The lowest BCUT2D eigenvalue weighted by Gasteiger charge is -2.34. The zero-order valence-electron chi connectivity index (χ0n) is 14.5. The molecule has 3 heterocycles. The van der Waals surface area contributed by atoms with Gasteiger partial charge in [0.25, 0.3) is 0 Å². The molecule has 2 N–H and O–H groups in total. The highest BCUT2D eigenvalue weighted by molar-refractivity contribution is 5.85. The van der Waals surface area contributed by atoms with E-state index in [4.69, 9.17) is 15.5 Å².